The smallest absolute Gasteiger partial charge is 0.250 e. The number of hydrogen-bond acceptors (Lipinski definition) is 5. The monoisotopic (exact) mass is 405 g/mol. The van der Waals surface area contributed by atoms with Crippen LogP contribution in [0.4, 0.5) is 10.1 Å². The van der Waals surface area contributed by atoms with Crippen LogP contribution in [-0.2, 0) is 19.9 Å². The molecular formula is C20H24FN3O3S. The maximum Gasteiger partial charge on any atom is 0.250 e. The molecule has 3 aliphatic heterocycles. The van der Waals surface area contributed by atoms with Crippen molar-refractivity contribution < 1.29 is 18.8 Å². The predicted octanol–water partition coefficient (Wildman–Crippen LogP) is 2.10. The summed E-state index contributed by atoms with van der Waals surface area (Å²) in [5.74, 6) is -2.24. The number of benzene rings is 1. The van der Waals surface area contributed by atoms with Gasteiger partial charge >= 0.3 is 0 Å². The molecule has 3 amide bonds. The first-order chi connectivity index (χ1) is 13.1. The zero-order valence-corrected chi connectivity index (χ0v) is 17.2. The van der Waals surface area contributed by atoms with Crippen LogP contribution in [0.3, 0.4) is 0 Å². The first kappa shape index (κ1) is 19.4. The van der Waals surface area contributed by atoms with Gasteiger partial charge in [-0.2, -0.15) is 11.8 Å². The Kier molecular flexibility index (Phi) is 4.35. The Labute approximate surface area is 167 Å². The Morgan fingerprint density at radius 3 is 2.57 bits per heavy atom. The van der Waals surface area contributed by atoms with Gasteiger partial charge in [0, 0.05) is 22.8 Å². The van der Waals surface area contributed by atoms with E-state index in [-0.39, 0.29) is 17.9 Å². The number of thioether (sulfide) groups is 1. The van der Waals surface area contributed by atoms with Crippen molar-refractivity contribution in [2.45, 2.75) is 44.3 Å². The van der Waals surface area contributed by atoms with Gasteiger partial charge in [-0.25, -0.2) is 4.39 Å². The lowest BCUT2D eigenvalue weighted by molar-refractivity contribution is -0.147. The van der Waals surface area contributed by atoms with E-state index < -0.39 is 34.6 Å². The van der Waals surface area contributed by atoms with Gasteiger partial charge in [0.05, 0.1) is 11.8 Å². The fourth-order valence-electron chi connectivity index (χ4n) is 4.93. The summed E-state index contributed by atoms with van der Waals surface area (Å²) in [5.41, 5.74) is -1.21. The van der Waals surface area contributed by atoms with E-state index in [1.165, 1.54) is 23.1 Å². The number of halogens is 1. The summed E-state index contributed by atoms with van der Waals surface area (Å²) < 4.78 is 14.1. The van der Waals surface area contributed by atoms with Gasteiger partial charge in [-0.15, -0.1) is 0 Å². The maximum atomic E-state index is 14.1. The normalized spacial score (nSPS) is 31.5. The minimum absolute atomic E-state index is 0.254. The van der Waals surface area contributed by atoms with Crippen LogP contribution in [0, 0.1) is 17.7 Å². The number of likely N-dealkylation sites (tertiary alicyclic amines) is 1. The highest BCUT2D eigenvalue weighted by atomic mass is 32.2. The number of amides is 3. The Morgan fingerprint density at radius 1 is 1.21 bits per heavy atom. The SMILES string of the molecule is CSCC[C@H]1N[C@@]2(C(=O)Nc3ccc(F)cc32)[C@@H]2C(=O)N(C(C)(C)C)C(=O)[C@@H]21. The molecule has 0 unspecified atom stereocenters. The molecule has 28 heavy (non-hydrogen) atoms. The highest BCUT2D eigenvalue weighted by Crippen LogP contribution is 2.54. The average molecular weight is 405 g/mol. The van der Waals surface area contributed by atoms with Gasteiger partial charge in [0.2, 0.25) is 17.7 Å². The molecule has 0 bridgehead atoms. The standard InChI is InChI=1S/C20H24FN3O3S/c1-19(2,3)24-16(25)14-13(7-8-28-4)23-20(15(14)17(24)26)11-9-10(21)5-6-12(11)22-18(20)27/h5-6,9,13-15,23H,7-8H2,1-4H3,(H,22,27)/t13-,14-,15+,20-/m1/s1. The first-order valence-electron chi connectivity index (χ1n) is 9.39. The van der Waals surface area contributed by atoms with Crippen LogP contribution in [0.5, 0.6) is 0 Å². The van der Waals surface area contributed by atoms with Crippen LogP contribution in [-0.4, -0.2) is 46.2 Å². The number of nitrogens with one attached hydrogen (secondary N) is 2. The van der Waals surface area contributed by atoms with Crippen molar-refractivity contribution in [2.24, 2.45) is 11.8 Å². The van der Waals surface area contributed by atoms with Crippen molar-refractivity contribution in [2.75, 3.05) is 17.3 Å². The Hall–Kier alpha value is -1.93. The van der Waals surface area contributed by atoms with Crippen LogP contribution >= 0.6 is 11.8 Å². The van der Waals surface area contributed by atoms with E-state index >= 15 is 0 Å². The molecule has 3 heterocycles. The van der Waals surface area contributed by atoms with Crippen LogP contribution in [0.25, 0.3) is 0 Å². The van der Waals surface area contributed by atoms with Gasteiger partial charge in [0.15, 0.2) is 0 Å². The molecular weight excluding hydrogens is 381 g/mol. The first-order valence-corrected chi connectivity index (χ1v) is 10.8. The molecule has 0 saturated carbocycles. The van der Waals surface area contributed by atoms with E-state index in [1.807, 2.05) is 27.0 Å². The summed E-state index contributed by atoms with van der Waals surface area (Å²) in [4.78, 5) is 41.2. The maximum absolute atomic E-state index is 14.1. The molecule has 2 N–H and O–H groups in total. The van der Waals surface area contributed by atoms with Gasteiger partial charge in [-0.05, 0) is 57.4 Å². The third-order valence-electron chi connectivity index (χ3n) is 5.98. The molecule has 3 aliphatic rings. The average Bonchev–Trinajstić information content (AvgIpc) is 3.18. The van der Waals surface area contributed by atoms with E-state index in [4.69, 9.17) is 0 Å². The number of hydrogen-bond donors (Lipinski definition) is 2. The van der Waals surface area contributed by atoms with Crippen molar-refractivity contribution in [3.05, 3.63) is 29.6 Å². The van der Waals surface area contributed by atoms with Gasteiger partial charge < -0.3 is 5.32 Å². The summed E-state index contributed by atoms with van der Waals surface area (Å²) >= 11 is 1.64. The molecule has 4 rings (SSSR count). The quantitative estimate of drug-likeness (QED) is 0.753. The van der Waals surface area contributed by atoms with Crippen LogP contribution in [0.15, 0.2) is 18.2 Å². The van der Waals surface area contributed by atoms with Gasteiger partial charge in [-0.1, -0.05) is 0 Å². The zero-order chi connectivity index (χ0) is 20.4. The van der Waals surface area contributed by atoms with E-state index in [2.05, 4.69) is 10.6 Å². The third-order valence-corrected chi connectivity index (χ3v) is 6.62. The second kappa shape index (κ2) is 6.29. The fraction of sp³-hybridized carbons (Fsp3) is 0.550. The van der Waals surface area contributed by atoms with Gasteiger partial charge in [0.25, 0.3) is 0 Å². The van der Waals surface area contributed by atoms with Crippen molar-refractivity contribution in [1.82, 2.24) is 10.2 Å². The van der Waals surface area contributed by atoms with Crippen LogP contribution in [0.2, 0.25) is 0 Å². The lowest BCUT2D eigenvalue weighted by atomic mass is 9.76. The lowest BCUT2D eigenvalue weighted by Gasteiger charge is -2.34. The summed E-state index contributed by atoms with van der Waals surface area (Å²) in [7, 11) is 0. The van der Waals surface area contributed by atoms with Gasteiger partial charge in [0.1, 0.15) is 11.4 Å². The minimum atomic E-state index is -1.42. The Morgan fingerprint density at radius 2 is 1.93 bits per heavy atom. The summed E-state index contributed by atoms with van der Waals surface area (Å²) in [6, 6.07) is 3.75. The zero-order valence-electron chi connectivity index (χ0n) is 16.3. The van der Waals surface area contributed by atoms with Crippen LogP contribution < -0.4 is 10.6 Å². The Bertz CT molecular complexity index is 884. The highest BCUT2D eigenvalue weighted by Gasteiger charge is 2.71. The molecule has 0 aromatic heterocycles. The number of imide groups is 1. The van der Waals surface area contributed by atoms with Gasteiger partial charge in [-0.3, -0.25) is 24.6 Å². The second-order valence-corrected chi connectivity index (χ2v) is 9.66. The molecule has 4 atom stereocenters. The summed E-state index contributed by atoms with van der Waals surface area (Å²) in [6.07, 6.45) is 2.61. The number of anilines is 1. The van der Waals surface area contributed by atoms with Crippen molar-refractivity contribution in [3.8, 4) is 0 Å². The Balaban J connectivity index is 1.89. The predicted molar refractivity (Wildman–Crippen MR) is 105 cm³/mol. The van der Waals surface area contributed by atoms with Crippen LogP contribution in [0.1, 0.15) is 32.8 Å². The summed E-state index contributed by atoms with van der Waals surface area (Å²) in [5, 5.41) is 6.09. The molecule has 0 radical (unpaired) electrons. The molecule has 8 heteroatoms. The molecule has 2 fully saturated rings. The number of nitrogens with zero attached hydrogens (tertiary/aromatic N) is 1. The summed E-state index contributed by atoms with van der Waals surface area (Å²) in [6.45, 7) is 5.43. The third kappa shape index (κ3) is 2.47. The topological polar surface area (TPSA) is 78.5 Å². The minimum Gasteiger partial charge on any atom is -0.324 e. The lowest BCUT2D eigenvalue weighted by Crippen LogP contribution is -2.55. The van der Waals surface area contributed by atoms with Crippen molar-refractivity contribution in [3.63, 3.8) is 0 Å². The highest BCUT2D eigenvalue weighted by molar-refractivity contribution is 7.98. The van der Waals surface area contributed by atoms with Crippen molar-refractivity contribution >= 4 is 35.2 Å². The molecule has 0 aliphatic carbocycles. The second-order valence-electron chi connectivity index (χ2n) is 8.67. The van der Waals surface area contributed by atoms with Crippen molar-refractivity contribution in [1.29, 1.82) is 0 Å². The van der Waals surface area contributed by atoms with E-state index in [9.17, 15) is 18.8 Å². The molecule has 1 aromatic carbocycles. The molecule has 150 valence electrons. The molecule has 1 aromatic rings. The van der Waals surface area contributed by atoms with E-state index in [0.29, 0.717) is 17.7 Å². The number of carbonyl (C=O) groups is 3. The van der Waals surface area contributed by atoms with E-state index in [1.54, 1.807) is 11.8 Å². The number of fused-ring (bicyclic) bond motifs is 4. The molecule has 1 spiro atoms. The number of rotatable bonds is 3. The molecule has 6 nitrogen and oxygen atoms in total. The fourth-order valence-corrected chi connectivity index (χ4v) is 5.42. The molecule has 2 saturated heterocycles. The van der Waals surface area contributed by atoms with E-state index in [0.717, 1.165) is 5.75 Å². The largest absolute Gasteiger partial charge is 0.324 e. The number of carbonyl (C=O) groups excluding carboxylic acids is 3.